The first kappa shape index (κ1) is 12.7. The van der Waals surface area contributed by atoms with E-state index in [0.717, 1.165) is 25.7 Å². The van der Waals surface area contributed by atoms with E-state index in [-0.39, 0.29) is 11.3 Å². The second-order valence-electron chi connectivity index (χ2n) is 4.48. The van der Waals surface area contributed by atoms with Gasteiger partial charge in [-0.1, -0.05) is 32.3 Å². The smallest absolute Gasteiger partial charge is 0.299 e. The standard InChI is InChI=1S/C14H16FNO2/c1-2-3-4-5-9-16-12-10(13(17)14(16)18)7-6-8-11(12)15/h6-8H,2-5,9H2,1H3. The Balaban J connectivity index is 2.17. The summed E-state index contributed by atoms with van der Waals surface area (Å²) in [4.78, 5) is 24.8. The van der Waals surface area contributed by atoms with Crippen molar-refractivity contribution >= 4 is 17.4 Å². The second kappa shape index (κ2) is 5.29. The number of Topliss-reactive ketones (excluding diaryl/α,β-unsaturated/α-hetero) is 1. The number of benzene rings is 1. The Morgan fingerprint density at radius 3 is 2.67 bits per heavy atom. The summed E-state index contributed by atoms with van der Waals surface area (Å²) in [7, 11) is 0. The maximum absolute atomic E-state index is 13.7. The van der Waals surface area contributed by atoms with E-state index in [1.165, 1.54) is 23.1 Å². The van der Waals surface area contributed by atoms with Gasteiger partial charge in [-0.15, -0.1) is 0 Å². The van der Waals surface area contributed by atoms with E-state index in [4.69, 9.17) is 0 Å². The van der Waals surface area contributed by atoms with Gasteiger partial charge in [-0.05, 0) is 18.6 Å². The summed E-state index contributed by atoms with van der Waals surface area (Å²) in [6, 6.07) is 4.24. The number of para-hydroxylation sites is 1. The molecule has 1 aromatic carbocycles. The first-order valence-corrected chi connectivity index (χ1v) is 6.31. The number of hydrogen-bond acceptors (Lipinski definition) is 2. The van der Waals surface area contributed by atoms with Gasteiger partial charge in [-0.2, -0.15) is 0 Å². The average Bonchev–Trinajstić information content (AvgIpc) is 2.61. The molecule has 0 saturated heterocycles. The molecule has 1 aromatic rings. The molecule has 0 radical (unpaired) electrons. The van der Waals surface area contributed by atoms with Gasteiger partial charge in [0.05, 0.1) is 11.3 Å². The lowest BCUT2D eigenvalue weighted by Crippen LogP contribution is -2.31. The monoisotopic (exact) mass is 249 g/mol. The van der Waals surface area contributed by atoms with Crippen LogP contribution in [0.4, 0.5) is 10.1 Å². The van der Waals surface area contributed by atoms with Crippen molar-refractivity contribution in [2.24, 2.45) is 0 Å². The van der Waals surface area contributed by atoms with Gasteiger partial charge in [0, 0.05) is 6.54 Å². The molecule has 0 bridgehead atoms. The highest BCUT2D eigenvalue weighted by molar-refractivity contribution is 6.52. The summed E-state index contributed by atoms with van der Waals surface area (Å²) in [6.45, 7) is 2.51. The predicted molar refractivity (Wildman–Crippen MR) is 67.2 cm³/mol. The van der Waals surface area contributed by atoms with Crippen LogP contribution in [0.5, 0.6) is 0 Å². The van der Waals surface area contributed by atoms with E-state index in [1.54, 1.807) is 0 Å². The van der Waals surface area contributed by atoms with E-state index >= 15 is 0 Å². The van der Waals surface area contributed by atoms with Crippen molar-refractivity contribution in [3.63, 3.8) is 0 Å². The highest BCUT2D eigenvalue weighted by atomic mass is 19.1. The molecule has 0 atom stereocenters. The first-order chi connectivity index (χ1) is 8.66. The number of hydrogen-bond donors (Lipinski definition) is 0. The number of ketones is 1. The molecule has 3 nitrogen and oxygen atoms in total. The minimum absolute atomic E-state index is 0.156. The second-order valence-corrected chi connectivity index (χ2v) is 4.48. The largest absolute Gasteiger partial charge is 0.302 e. The van der Waals surface area contributed by atoms with E-state index in [9.17, 15) is 14.0 Å². The van der Waals surface area contributed by atoms with Gasteiger partial charge >= 0.3 is 0 Å². The molecule has 1 amide bonds. The quantitative estimate of drug-likeness (QED) is 0.594. The Morgan fingerprint density at radius 1 is 1.17 bits per heavy atom. The SMILES string of the molecule is CCCCCCN1C(=O)C(=O)c2cccc(F)c21. The number of amides is 1. The van der Waals surface area contributed by atoms with Crippen molar-refractivity contribution in [1.82, 2.24) is 0 Å². The van der Waals surface area contributed by atoms with Gasteiger partial charge in [-0.3, -0.25) is 9.59 Å². The molecule has 0 fully saturated rings. The van der Waals surface area contributed by atoms with Gasteiger partial charge < -0.3 is 4.90 Å². The normalized spacial score (nSPS) is 14.2. The lowest BCUT2D eigenvalue weighted by atomic mass is 10.1. The zero-order valence-electron chi connectivity index (χ0n) is 10.4. The molecule has 18 heavy (non-hydrogen) atoms. The molecule has 0 aliphatic carbocycles. The van der Waals surface area contributed by atoms with Crippen LogP contribution in [0, 0.1) is 5.82 Å². The molecule has 0 aromatic heterocycles. The summed E-state index contributed by atoms with van der Waals surface area (Å²) in [6.07, 6.45) is 3.96. The number of rotatable bonds is 5. The molecular weight excluding hydrogens is 233 g/mol. The van der Waals surface area contributed by atoms with Crippen molar-refractivity contribution < 1.29 is 14.0 Å². The van der Waals surface area contributed by atoms with Crippen LogP contribution in [0.3, 0.4) is 0 Å². The van der Waals surface area contributed by atoms with Crippen molar-refractivity contribution in [2.75, 3.05) is 11.4 Å². The predicted octanol–water partition coefficient (Wildman–Crippen LogP) is 2.94. The van der Waals surface area contributed by atoms with Crippen LogP contribution >= 0.6 is 0 Å². The van der Waals surface area contributed by atoms with E-state index in [2.05, 4.69) is 6.92 Å². The van der Waals surface area contributed by atoms with Gasteiger partial charge in [0.25, 0.3) is 11.7 Å². The topological polar surface area (TPSA) is 37.4 Å². The Bertz CT molecular complexity index is 485. The minimum atomic E-state index is -0.605. The molecule has 1 aliphatic rings. The van der Waals surface area contributed by atoms with Crippen LogP contribution < -0.4 is 4.90 Å². The first-order valence-electron chi connectivity index (χ1n) is 6.31. The summed E-state index contributed by atoms with van der Waals surface area (Å²) in [5, 5.41) is 0. The molecule has 0 saturated carbocycles. The van der Waals surface area contributed by atoms with Crippen LogP contribution in [0.25, 0.3) is 0 Å². The van der Waals surface area contributed by atoms with Crippen molar-refractivity contribution in [3.8, 4) is 0 Å². The number of anilines is 1. The maximum Gasteiger partial charge on any atom is 0.299 e. The zero-order valence-corrected chi connectivity index (χ0v) is 10.4. The van der Waals surface area contributed by atoms with Crippen LogP contribution in [-0.4, -0.2) is 18.2 Å². The summed E-state index contributed by atoms with van der Waals surface area (Å²) >= 11 is 0. The molecule has 0 unspecified atom stereocenters. The lowest BCUT2D eigenvalue weighted by molar-refractivity contribution is -0.114. The van der Waals surface area contributed by atoms with Gasteiger partial charge in [0.1, 0.15) is 5.82 Å². The number of carbonyl (C=O) groups excluding carboxylic acids is 2. The number of nitrogens with zero attached hydrogens (tertiary/aromatic N) is 1. The number of fused-ring (bicyclic) bond motifs is 1. The summed E-state index contributed by atoms with van der Waals surface area (Å²) in [5.74, 6) is -1.70. The number of carbonyl (C=O) groups is 2. The molecule has 1 aliphatic heterocycles. The van der Waals surface area contributed by atoms with Gasteiger partial charge in [0.15, 0.2) is 0 Å². The lowest BCUT2D eigenvalue weighted by Gasteiger charge is -2.16. The van der Waals surface area contributed by atoms with Gasteiger partial charge in [-0.25, -0.2) is 4.39 Å². The fourth-order valence-corrected chi connectivity index (χ4v) is 2.22. The Morgan fingerprint density at radius 2 is 1.94 bits per heavy atom. The highest BCUT2D eigenvalue weighted by Gasteiger charge is 2.37. The summed E-state index contributed by atoms with van der Waals surface area (Å²) < 4.78 is 13.7. The fraction of sp³-hybridized carbons (Fsp3) is 0.429. The maximum atomic E-state index is 13.7. The van der Waals surface area contributed by atoms with Gasteiger partial charge in [0.2, 0.25) is 0 Å². The average molecular weight is 249 g/mol. The third-order valence-electron chi connectivity index (χ3n) is 3.18. The van der Waals surface area contributed by atoms with E-state index < -0.39 is 17.5 Å². The Labute approximate surface area is 106 Å². The minimum Gasteiger partial charge on any atom is -0.302 e. The van der Waals surface area contributed by atoms with Crippen molar-refractivity contribution in [2.45, 2.75) is 32.6 Å². The van der Waals surface area contributed by atoms with Crippen LogP contribution in [0.1, 0.15) is 43.0 Å². The molecular formula is C14H16FNO2. The summed E-state index contributed by atoms with van der Waals surface area (Å²) in [5.41, 5.74) is 0.347. The Kier molecular flexibility index (Phi) is 3.75. The van der Waals surface area contributed by atoms with Crippen LogP contribution in [0.15, 0.2) is 18.2 Å². The molecule has 0 spiro atoms. The molecule has 2 rings (SSSR count). The van der Waals surface area contributed by atoms with Crippen LogP contribution in [-0.2, 0) is 4.79 Å². The fourth-order valence-electron chi connectivity index (χ4n) is 2.22. The number of unbranched alkanes of at least 4 members (excludes halogenated alkanes) is 3. The molecule has 96 valence electrons. The van der Waals surface area contributed by atoms with Crippen molar-refractivity contribution in [1.29, 1.82) is 0 Å². The van der Waals surface area contributed by atoms with E-state index in [0.29, 0.717) is 6.54 Å². The zero-order chi connectivity index (χ0) is 13.1. The third kappa shape index (κ3) is 2.15. The van der Waals surface area contributed by atoms with E-state index in [1.807, 2.05) is 0 Å². The van der Waals surface area contributed by atoms with Crippen LogP contribution in [0.2, 0.25) is 0 Å². The number of halogens is 1. The Hall–Kier alpha value is -1.71. The highest BCUT2D eigenvalue weighted by Crippen LogP contribution is 2.31. The third-order valence-corrected chi connectivity index (χ3v) is 3.18. The molecule has 0 N–H and O–H groups in total. The molecule has 4 heteroatoms. The molecule has 1 heterocycles. The van der Waals surface area contributed by atoms with Crippen molar-refractivity contribution in [3.05, 3.63) is 29.6 Å².